The average molecular weight is 270 g/mol. The van der Waals surface area contributed by atoms with E-state index in [1.54, 1.807) is 5.38 Å². The maximum absolute atomic E-state index is 11.2. The van der Waals surface area contributed by atoms with Gasteiger partial charge < -0.3 is 21.1 Å². The molecule has 18 heavy (non-hydrogen) atoms. The molecule has 0 spiro atoms. The third kappa shape index (κ3) is 2.77. The van der Waals surface area contributed by atoms with Crippen LogP contribution >= 0.6 is 11.3 Å². The van der Waals surface area contributed by atoms with E-state index in [-0.39, 0.29) is 5.91 Å². The molecule has 2 rings (SSSR count). The van der Waals surface area contributed by atoms with Gasteiger partial charge in [0.2, 0.25) is 5.91 Å². The van der Waals surface area contributed by atoms with Crippen LogP contribution < -0.4 is 16.0 Å². The fraction of sp³-hybridized carbons (Fsp3) is 0.500. The lowest BCUT2D eigenvalue weighted by molar-refractivity contribution is -0.138. The first-order valence-corrected chi connectivity index (χ1v) is 6.41. The van der Waals surface area contributed by atoms with Crippen molar-refractivity contribution >= 4 is 28.3 Å². The molecular formula is C10H14N4O3S. The van der Waals surface area contributed by atoms with Crippen molar-refractivity contribution in [3.8, 4) is 0 Å². The highest BCUT2D eigenvalue weighted by atomic mass is 32.1. The zero-order valence-electron chi connectivity index (χ0n) is 9.63. The van der Waals surface area contributed by atoms with E-state index in [1.165, 1.54) is 11.3 Å². The Hall–Kier alpha value is -1.67. The van der Waals surface area contributed by atoms with Crippen LogP contribution in [0.1, 0.15) is 18.2 Å². The van der Waals surface area contributed by atoms with Crippen molar-refractivity contribution < 1.29 is 14.7 Å². The van der Waals surface area contributed by atoms with Gasteiger partial charge in [-0.2, -0.15) is 0 Å². The number of thiazole rings is 1. The minimum Gasteiger partial charge on any atom is -0.480 e. The summed E-state index contributed by atoms with van der Waals surface area (Å²) in [5.74, 6) is -1.07. The smallest absolute Gasteiger partial charge is 0.326 e. The summed E-state index contributed by atoms with van der Waals surface area (Å²) >= 11 is 1.34. The van der Waals surface area contributed by atoms with Crippen molar-refractivity contribution in [1.82, 2.24) is 10.3 Å². The molecular weight excluding hydrogens is 256 g/mol. The third-order valence-corrected chi connectivity index (χ3v) is 3.60. The van der Waals surface area contributed by atoms with E-state index in [0.29, 0.717) is 36.9 Å². The van der Waals surface area contributed by atoms with Crippen LogP contribution in [0.3, 0.4) is 0 Å². The summed E-state index contributed by atoms with van der Waals surface area (Å²) < 4.78 is 0. The molecule has 0 bridgehead atoms. The van der Waals surface area contributed by atoms with Gasteiger partial charge in [-0.3, -0.25) is 9.59 Å². The quantitative estimate of drug-likeness (QED) is 0.686. The Kier molecular flexibility index (Phi) is 3.78. The first-order valence-electron chi connectivity index (χ1n) is 5.53. The SMILES string of the molecule is NC(C(=O)O)c1csc(N2CCNC(=O)CC2)n1. The summed E-state index contributed by atoms with van der Waals surface area (Å²) in [6.45, 7) is 1.82. The van der Waals surface area contributed by atoms with Crippen molar-refractivity contribution in [2.75, 3.05) is 24.5 Å². The van der Waals surface area contributed by atoms with Crippen molar-refractivity contribution in [1.29, 1.82) is 0 Å². The molecule has 1 aromatic rings. The van der Waals surface area contributed by atoms with E-state index >= 15 is 0 Å². The number of aliphatic carboxylic acids is 1. The second-order valence-electron chi connectivity index (χ2n) is 3.96. The Balaban J connectivity index is 2.09. The van der Waals surface area contributed by atoms with Gasteiger partial charge in [0.1, 0.15) is 6.04 Å². The molecule has 1 aromatic heterocycles. The van der Waals surface area contributed by atoms with Crippen LogP contribution in [-0.4, -0.2) is 41.6 Å². The van der Waals surface area contributed by atoms with Gasteiger partial charge in [0.25, 0.3) is 0 Å². The number of nitrogens with zero attached hydrogens (tertiary/aromatic N) is 2. The molecule has 1 aliphatic heterocycles. The number of rotatable bonds is 3. The van der Waals surface area contributed by atoms with Gasteiger partial charge in [0.15, 0.2) is 5.13 Å². The van der Waals surface area contributed by atoms with Crippen molar-refractivity contribution in [3.63, 3.8) is 0 Å². The topological polar surface area (TPSA) is 109 Å². The molecule has 1 saturated heterocycles. The maximum atomic E-state index is 11.2. The number of carbonyl (C=O) groups excluding carboxylic acids is 1. The molecule has 0 aliphatic carbocycles. The molecule has 4 N–H and O–H groups in total. The molecule has 1 atom stereocenters. The van der Waals surface area contributed by atoms with E-state index in [2.05, 4.69) is 10.3 Å². The Bertz CT molecular complexity index is 462. The Morgan fingerprint density at radius 2 is 2.39 bits per heavy atom. The summed E-state index contributed by atoms with van der Waals surface area (Å²) in [4.78, 5) is 28.1. The second kappa shape index (κ2) is 5.32. The zero-order valence-corrected chi connectivity index (χ0v) is 10.4. The van der Waals surface area contributed by atoms with E-state index in [4.69, 9.17) is 10.8 Å². The lowest BCUT2D eigenvalue weighted by Gasteiger charge is -2.17. The third-order valence-electron chi connectivity index (χ3n) is 2.68. The van der Waals surface area contributed by atoms with Gasteiger partial charge in [-0.15, -0.1) is 11.3 Å². The number of carboxylic acids is 1. The first-order chi connectivity index (χ1) is 8.58. The van der Waals surface area contributed by atoms with Gasteiger partial charge in [-0.1, -0.05) is 0 Å². The van der Waals surface area contributed by atoms with Crippen LogP contribution in [0, 0.1) is 0 Å². The lowest BCUT2D eigenvalue weighted by atomic mass is 10.2. The van der Waals surface area contributed by atoms with Gasteiger partial charge in [-0.05, 0) is 0 Å². The Labute approximate surface area is 108 Å². The molecule has 1 aliphatic rings. The van der Waals surface area contributed by atoms with E-state index in [9.17, 15) is 9.59 Å². The van der Waals surface area contributed by atoms with Gasteiger partial charge in [-0.25, -0.2) is 4.98 Å². The fourth-order valence-electron chi connectivity index (χ4n) is 1.65. The summed E-state index contributed by atoms with van der Waals surface area (Å²) in [5.41, 5.74) is 5.85. The van der Waals surface area contributed by atoms with Crippen LogP contribution in [0.4, 0.5) is 5.13 Å². The predicted octanol–water partition coefficient (Wildman–Crippen LogP) is -0.446. The second-order valence-corrected chi connectivity index (χ2v) is 4.79. The van der Waals surface area contributed by atoms with Gasteiger partial charge in [0.05, 0.1) is 5.69 Å². The largest absolute Gasteiger partial charge is 0.480 e. The molecule has 98 valence electrons. The fourth-order valence-corrected chi connectivity index (χ4v) is 2.56. The number of nitrogens with one attached hydrogen (secondary N) is 1. The Morgan fingerprint density at radius 3 is 3.11 bits per heavy atom. The molecule has 0 aromatic carbocycles. The number of carbonyl (C=O) groups is 2. The minimum atomic E-state index is -1.10. The van der Waals surface area contributed by atoms with E-state index in [0.717, 1.165) is 0 Å². The van der Waals surface area contributed by atoms with Crippen molar-refractivity contribution in [3.05, 3.63) is 11.1 Å². The molecule has 2 heterocycles. The molecule has 1 fully saturated rings. The molecule has 8 heteroatoms. The van der Waals surface area contributed by atoms with Crippen LogP contribution in [0.15, 0.2) is 5.38 Å². The normalized spacial score (nSPS) is 18.1. The van der Waals surface area contributed by atoms with Gasteiger partial charge in [0, 0.05) is 31.4 Å². The minimum absolute atomic E-state index is 0.0246. The zero-order chi connectivity index (χ0) is 13.1. The number of carboxylic acid groups (broad SMARTS) is 1. The predicted molar refractivity (Wildman–Crippen MR) is 66.5 cm³/mol. The highest BCUT2D eigenvalue weighted by molar-refractivity contribution is 7.13. The number of amides is 1. The first kappa shape index (κ1) is 12.8. The number of anilines is 1. The van der Waals surface area contributed by atoms with Gasteiger partial charge >= 0.3 is 5.97 Å². The van der Waals surface area contributed by atoms with E-state index < -0.39 is 12.0 Å². The lowest BCUT2D eigenvalue weighted by Crippen LogP contribution is -2.28. The highest BCUT2D eigenvalue weighted by Crippen LogP contribution is 2.24. The average Bonchev–Trinajstić information content (AvgIpc) is 2.72. The summed E-state index contributed by atoms with van der Waals surface area (Å²) in [5, 5.41) is 13.9. The monoisotopic (exact) mass is 270 g/mol. The van der Waals surface area contributed by atoms with Crippen LogP contribution in [0.25, 0.3) is 0 Å². The maximum Gasteiger partial charge on any atom is 0.326 e. The molecule has 0 saturated carbocycles. The van der Waals surface area contributed by atoms with Crippen molar-refractivity contribution in [2.45, 2.75) is 12.5 Å². The van der Waals surface area contributed by atoms with Crippen molar-refractivity contribution in [2.24, 2.45) is 5.73 Å². The van der Waals surface area contributed by atoms with E-state index in [1.807, 2.05) is 4.90 Å². The number of hydrogen-bond acceptors (Lipinski definition) is 6. The number of nitrogens with two attached hydrogens (primary N) is 1. The number of aromatic nitrogens is 1. The standard InChI is InChI=1S/C10H14N4O3S/c11-8(9(16)17)6-5-18-10(13-6)14-3-1-7(15)12-2-4-14/h5,8H,1-4,11H2,(H,12,15)(H,16,17). The summed E-state index contributed by atoms with van der Waals surface area (Å²) in [6.07, 6.45) is 0.417. The number of hydrogen-bond donors (Lipinski definition) is 3. The summed E-state index contributed by atoms with van der Waals surface area (Å²) in [6, 6.07) is -1.10. The summed E-state index contributed by atoms with van der Waals surface area (Å²) in [7, 11) is 0. The molecule has 0 radical (unpaired) electrons. The highest BCUT2D eigenvalue weighted by Gasteiger charge is 2.21. The molecule has 1 unspecified atom stereocenters. The van der Waals surface area contributed by atoms with Crippen LogP contribution in [0.5, 0.6) is 0 Å². The van der Waals surface area contributed by atoms with Crippen LogP contribution in [-0.2, 0) is 9.59 Å². The Morgan fingerprint density at radius 1 is 1.61 bits per heavy atom. The van der Waals surface area contributed by atoms with Crippen LogP contribution in [0.2, 0.25) is 0 Å². The molecule has 7 nitrogen and oxygen atoms in total. The molecule has 1 amide bonds.